The lowest BCUT2D eigenvalue weighted by Crippen LogP contribution is -2.28. The fourth-order valence-electron chi connectivity index (χ4n) is 3.04. The van der Waals surface area contributed by atoms with Crippen LogP contribution in [0.25, 0.3) is 11.0 Å². The molecule has 0 saturated carbocycles. The van der Waals surface area contributed by atoms with E-state index in [1.165, 1.54) is 0 Å². The van der Waals surface area contributed by atoms with Crippen LogP contribution in [0.4, 0.5) is 13.2 Å². The summed E-state index contributed by atoms with van der Waals surface area (Å²) in [5.41, 5.74) is 1.77. The second kappa shape index (κ2) is 4.91. The molecule has 0 radical (unpaired) electrons. The Hall–Kier alpha value is -2.70. The number of imidazole rings is 1. The average molecular weight is 316 g/mol. The van der Waals surface area contributed by atoms with Crippen molar-refractivity contribution in [2.24, 2.45) is 0 Å². The van der Waals surface area contributed by atoms with E-state index in [1.54, 1.807) is 18.5 Å². The Bertz CT molecular complexity index is 948. The average Bonchev–Trinajstić information content (AvgIpc) is 2.88. The van der Waals surface area contributed by atoms with Gasteiger partial charge in [0.1, 0.15) is 11.6 Å². The lowest BCUT2D eigenvalue weighted by atomic mass is 9.88. The molecule has 116 valence electrons. The molecule has 1 atom stereocenters. The van der Waals surface area contributed by atoms with Crippen molar-refractivity contribution < 1.29 is 13.2 Å². The molecule has 3 aromatic rings. The number of fused-ring (bicyclic) bond motifs is 3. The lowest BCUT2D eigenvalue weighted by molar-refractivity contribution is 0.486. The number of nitrogens with zero attached hydrogens (tertiary/aromatic N) is 3. The van der Waals surface area contributed by atoms with E-state index in [9.17, 15) is 13.2 Å². The van der Waals surface area contributed by atoms with Crippen LogP contribution >= 0.6 is 0 Å². The standard InChI is InChI=1S/C16H11F3N4/c17-10-5-12(19)11(18)3-8(10)9-4-16-22-14-1-2-21-6-15(14)23(16)7-13(9)20/h1-3,5-6,9,20H,4,7H2/t9-/m1/s1. The molecule has 1 aromatic carbocycles. The van der Waals surface area contributed by atoms with Crippen molar-refractivity contribution in [2.75, 3.05) is 0 Å². The van der Waals surface area contributed by atoms with Crippen LogP contribution in [0.1, 0.15) is 17.3 Å². The minimum atomic E-state index is -1.23. The van der Waals surface area contributed by atoms with Gasteiger partial charge in [-0.3, -0.25) is 4.98 Å². The van der Waals surface area contributed by atoms with Crippen LogP contribution in [0.3, 0.4) is 0 Å². The monoisotopic (exact) mass is 316 g/mol. The predicted molar refractivity (Wildman–Crippen MR) is 78.0 cm³/mol. The van der Waals surface area contributed by atoms with Crippen molar-refractivity contribution in [3.63, 3.8) is 0 Å². The van der Waals surface area contributed by atoms with Crippen molar-refractivity contribution in [3.05, 3.63) is 59.4 Å². The lowest BCUT2D eigenvalue weighted by Gasteiger charge is -2.25. The zero-order chi connectivity index (χ0) is 16.1. The number of rotatable bonds is 1. The SMILES string of the molecule is N=C1Cn2c(nc3ccncc32)C[C@@H]1c1cc(F)c(F)cc1F. The fourth-order valence-corrected chi connectivity index (χ4v) is 3.04. The maximum Gasteiger partial charge on any atom is 0.161 e. The molecule has 1 N–H and O–H groups in total. The molecule has 0 unspecified atom stereocenters. The number of aromatic nitrogens is 3. The Kier molecular flexibility index (Phi) is 2.97. The molecule has 0 amide bonds. The molecule has 4 nitrogen and oxygen atoms in total. The summed E-state index contributed by atoms with van der Waals surface area (Å²) in [6, 6.07) is 3.13. The van der Waals surface area contributed by atoms with Gasteiger partial charge in [-0.1, -0.05) is 0 Å². The Morgan fingerprint density at radius 1 is 1.13 bits per heavy atom. The largest absolute Gasteiger partial charge is 0.321 e. The van der Waals surface area contributed by atoms with Crippen LogP contribution in [0.5, 0.6) is 0 Å². The number of pyridine rings is 1. The molecule has 0 bridgehead atoms. The van der Waals surface area contributed by atoms with E-state index in [1.807, 2.05) is 4.57 Å². The third-order valence-electron chi connectivity index (χ3n) is 4.18. The van der Waals surface area contributed by atoms with Crippen LogP contribution < -0.4 is 0 Å². The van der Waals surface area contributed by atoms with Crippen LogP contribution in [-0.4, -0.2) is 20.2 Å². The molecule has 0 spiro atoms. The summed E-state index contributed by atoms with van der Waals surface area (Å²) < 4.78 is 42.4. The van der Waals surface area contributed by atoms with Gasteiger partial charge in [0.2, 0.25) is 0 Å². The van der Waals surface area contributed by atoms with Crippen LogP contribution in [-0.2, 0) is 13.0 Å². The van der Waals surface area contributed by atoms with Gasteiger partial charge in [0.25, 0.3) is 0 Å². The normalized spacial score (nSPS) is 17.5. The van der Waals surface area contributed by atoms with E-state index in [0.717, 1.165) is 17.1 Å². The molecule has 1 aliphatic rings. The molecular weight excluding hydrogens is 305 g/mol. The Morgan fingerprint density at radius 2 is 1.91 bits per heavy atom. The molecule has 2 aromatic heterocycles. The highest BCUT2D eigenvalue weighted by Crippen LogP contribution is 2.31. The van der Waals surface area contributed by atoms with Crippen LogP contribution in [0.15, 0.2) is 30.6 Å². The number of nitrogens with one attached hydrogen (secondary N) is 1. The Labute approximate surface area is 129 Å². The number of benzene rings is 1. The van der Waals surface area contributed by atoms with E-state index in [4.69, 9.17) is 5.41 Å². The van der Waals surface area contributed by atoms with E-state index in [0.29, 0.717) is 11.9 Å². The number of halogens is 3. The molecule has 0 fully saturated rings. The number of hydrogen-bond donors (Lipinski definition) is 1. The fraction of sp³-hybridized carbons (Fsp3) is 0.188. The maximum atomic E-state index is 14.0. The van der Waals surface area contributed by atoms with Gasteiger partial charge in [-0.15, -0.1) is 0 Å². The molecule has 7 heteroatoms. The first-order chi connectivity index (χ1) is 11.0. The quantitative estimate of drug-likeness (QED) is 0.701. The van der Waals surface area contributed by atoms with Gasteiger partial charge in [0, 0.05) is 35.9 Å². The molecule has 23 heavy (non-hydrogen) atoms. The summed E-state index contributed by atoms with van der Waals surface area (Å²) in [6.45, 7) is 0.223. The summed E-state index contributed by atoms with van der Waals surface area (Å²) in [5.74, 6) is -3.16. The first kappa shape index (κ1) is 13.9. The third-order valence-corrected chi connectivity index (χ3v) is 4.18. The summed E-state index contributed by atoms with van der Waals surface area (Å²) in [6.07, 6.45) is 3.55. The van der Waals surface area contributed by atoms with Gasteiger partial charge < -0.3 is 9.98 Å². The summed E-state index contributed by atoms with van der Waals surface area (Å²) in [5, 5.41) is 8.20. The zero-order valence-electron chi connectivity index (χ0n) is 11.9. The van der Waals surface area contributed by atoms with E-state index < -0.39 is 23.4 Å². The highest BCUT2D eigenvalue weighted by atomic mass is 19.2. The highest BCUT2D eigenvalue weighted by molar-refractivity contribution is 5.91. The van der Waals surface area contributed by atoms with Crippen molar-refractivity contribution in [2.45, 2.75) is 18.9 Å². The molecule has 0 saturated heterocycles. The van der Waals surface area contributed by atoms with Gasteiger partial charge in [-0.2, -0.15) is 0 Å². The van der Waals surface area contributed by atoms with E-state index >= 15 is 0 Å². The van der Waals surface area contributed by atoms with Gasteiger partial charge in [-0.05, 0) is 12.1 Å². The van der Waals surface area contributed by atoms with Gasteiger partial charge >= 0.3 is 0 Å². The first-order valence-corrected chi connectivity index (χ1v) is 7.05. The highest BCUT2D eigenvalue weighted by Gasteiger charge is 2.30. The van der Waals surface area contributed by atoms with Crippen molar-refractivity contribution in [1.29, 1.82) is 5.41 Å². The number of hydrogen-bond acceptors (Lipinski definition) is 3. The minimum Gasteiger partial charge on any atom is -0.321 e. The second-order valence-corrected chi connectivity index (χ2v) is 5.55. The van der Waals surface area contributed by atoms with Crippen LogP contribution in [0.2, 0.25) is 0 Å². The zero-order valence-corrected chi connectivity index (χ0v) is 11.9. The minimum absolute atomic E-state index is 0.00895. The van der Waals surface area contributed by atoms with Crippen molar-refractivity contribution in [1.82, 2.24) is 14.5 Å². The molecule has 1 aliphatic heterocycles. The Morgan fingerprint density at radius 3 is 2.74 bits per heavy atom. The third kappa shape index (κ3) is 2.11. The van der Waals surface area contributed by atoms with Crippen LogP contribution in [0, 0.1) is 22.9 Å². The van der Waals surface area contributed by atoms with Gasteiger partial charge in [0.15, 0.2) is 11.6 Å². The predicted octanol–water partition coefficient (Wildman–Crippen LogP) is 3.21. The topological polar surface area (TPSA) is 54.6 Å². The van der Waals surface area contributed by atoms with Crippen molar-refractivity contribution >= 4 is 16.7 Å². The summed E-state index contributed by atoms with van der Waals surface area (Å²) in [7, 11) is 0. The summed E-state index contributed by atoms with van der Waals surface area (Å²) in [4.78, 5) is 8.52. The summed E-state index contributed by atoms with van der Waals surface area (Å²) >= 11 is 0. The molecule has 4 rings (SSSR count). The van der Waals surface area contributed by atoms with E-state index in [2.05, 4.69) is 9.97 Å². The second-order valence-electron chi connectivity index (χ2n) is 5.55. The first-order valence-electron chi connectivity index (χ1n) is 7.05. The maximum absolute atomic E-state index is 14.0. The van der Waals surface area contributed by atoms with E-state index in [-0.39, 0.29) is 24.2 Å². The molecule has 3 heterocycles. The molecular formula is C16H11F3N4. The van der Waals surface area contributed by atoms with Crippen molar-refractivity contribution in [3.8, 4) is 0 Å². The Balaban J connectivity index is 1.81. The van der Waals surface area contributed by atoms with Gasteiger partial charge in [-0.25, -0.2) is 18.2 Å². The smallest absolute Gasteiger partial charge is 0.161 e. The molecule has 0 aliphatic carbocycles. The van der Waals surface area contributed by atoms with Gasteiger partial charge in [0.05, 0.1) is 23.8 Å².